The van der Waals surface area contributed by atoms with Crippen molar-refractivity contribution in [3.8, 4) is 22.8 Å². The topological polar surface area (TPSA) is 71.5 Å². The van der Waals surface area contributed by atoms with Crippen LogP contribution >= 0.6 is 11.6 Å². The van der Waals surface area contributed by atoms with Crippen LogP contribution in [0.1, 0.15) is 12.0 Å². The van der Waals surface area contributed by atoms with E-state index in [1.54, 1.807) is 0 Å². The lowest BCUT2D eigenvalue weighted by atomic mass is 10.0. The molecule has 0 amide bonds. The fourth-order valence-electron chi connectivity index (χ4n) is 4.31. The van der Waals surface area contributed by atoms with Crippen LogP contribution in [0.3, 0.4) is 0 Å². The fourth-order valence-corrected chi connectivity index (χ4v) is 4.53. The van der Waals surface area contributed by atoms with Gasteiger partial charge in [0.05, 0.1) is 12.1 Å². The number of carbonyl (C=O) groups is 1. The number of aromatic amines is 1. The van der Waals surface area contributed by atoms with Gasteiger partial charge in [0.15, 0.2) is 0 Å². The zero-order valence-corrected chi connectivity index (χ0v) is 19.0. The molecule has 4 aromatic carbocycles. The van der Waals surface area contributed by atoms with E-state index in [0.717, 1.165) is 44.1 Å². The summed E-state index contributed by atoms with van der Waals surface area (Å²) in [6, 6.07) is 27.6. The first-order chi connectivity index (χ1) is 16.6. The number of nitrogens with one attached hydrogen (secondary N) is 1. The van der Waals surface area contributed by atoms with Crippen molar-refractivity contribution < 1.29 is 19.4 Å². The Hall–Kier alpha value is -3.96. The second kappa shape index (κ2) is 9.49. The Morgan fingerprint density at radius 1 is 0.912 bits per heavy atom. The van der Waals surface area contributed by atoms with Gasteiger partial charge in [-0.15, -0.1) is 0 Å². The largest absolute Gasteiger partial charge is 0.512 e. The molecule has 170 valence electrons. The van der Waals surface area contributed by atoms with E-state index in [0.29, 0.717) is 24.5 Å². The number of aryl methyl sites for hydroxylation is 1. The van der Waals surface area contributed by atoms with Crippen molar-refractivity contribution in [2.24, 2.45) is 0 Å². The summed E-state index contributed by atoms with van der Waals surface area (Å²) in [5, 5.41) is 12.9. The van der Waals surface area contributed by atoms with Crippen LogP contribution in [0.2, 0.25) is 5.02 Å². The molecule has 0 unspecified atom stereocenters. The van der Waals surface area contributed by atoms with E-state index in [2.05, 4.69) is 17.1 Å². The number of hydrogen-bond acceptors (Lipinski definition) is 3. The highest BCUT2D eigenvalue weighted by atomic mass is 35.5. The molecule has 6 heteroatoms. The van der Waals surface area contributed by atoms with E-state index in [4.69, 9.17) is 21.1 Å². The number of H-pyrrole nitrogens is 1. The summed E-state index contributed by atoms with van der Waals surface area (Å²) in [5.74, 6) is 1.04. The Balaban J connectivity index is 1.43. The van der Waals surface area contributed by atoms with E-state index in [-0.39, 0.29) is 5.88 Å². The Morgan fingerprint density at radius 2 is 1.68 bits per heavy atom. The average molecular weight is 472 g/mol. The lowest BCUT2D eigenvalue weighted by Gasteiger charge is -2.10. The summed E-state index contributed by atoms with van der Waals surface area (Å²) in [4.78, 5) is 14.5. The van der Waals surface area contributed by atoms with Crippen LogP contribution in [-0.4, -0.2) is 22.9 Å². The molecule has 0 radical (unpaired) electrons. The molecular weight excluding hydrogens is 450 g/mol. The Morgan fingerprint density at radius 3 is 2.50 bits per heavy atom. The van der Waals surface area contributed by atoms with Crippen LogP contribution in [0.5, 0.6) is 11.6 Å². The maximum Gasteiger partial charge on any atom is 0.512 e. The van der Waals surface area contributed by atoms with E-state index in [1.165, 1.54) is 0 Å². The summed E-state index contributed by atoms with van der Waals surface area (Å²) in [5.41, 5.74) is 3.41. The first kappa shape index (κ1) is 21.9. The first-order valence-electron chi connectivity index (χ1n) is 11.0. The molecule has 5 aromatic rings. The van der Waals surface area contributed by atoms with E-state index in [9.17, 15) is 9.90 Å². The molecule has 5 nitrogen and oxygen atoms in total. The Bertz CT molecular complexity index is 1470. The zero-order valence-electron chi connectivity index (χ0n) is 18.3. The van der Waals surface area contributed by atoms with Crippen LogP contribution in [0.15, 0.2) is 84.9 Å². The second-order valence-electron chi connectivity index (χ2n) is 7.97. The molecule has 0 atom stereocenters. The molecule has 0 saturated heterocycles. The third-order valence-electron chi connectivity index (χ3n) is 5.79. The van der Waals surface area contributed by atoms with E-state index in [1.807, 2.05) is 72.8 Å². The van der Waals surface area contributed by atoms with Crippen LogP contribution in [0.4, 0.5) is 4.79 Å². The SMILES string of the molecule is O=C(O)Oc1[nH]c2c(-c3ccccc3)cc(Cl)cc2c1CCCOc1cccc2ccccc12. The lowest BCUT2D eigenvalue weighted by Crippen LogP contribution is -2.06. The number of benzene rings is 4. The molecule has 0 aliphatic carbocycles. The molecule has 0 bridgehead atoms. The quantitative estimate of drug-likeness (QED) is 0.188. The molecule has 0 spiro atoms. The fraction of sp³-hybridized carbons (Fsp3) is 0.107. The van der Waals surface area contributed by atoms with Gasteiger partial charge in [0.25, 0.3) is 0 Å². The minimum atomic E-state index is -1.37. The number of halogens is 1. The van der Waals surface area contributed by atoms with Crippen LogP contribution in [0, 0.1) is 0 Å². The maximum absolute atomic E-state index is 11.4. The molecule has 0 saturated carbocycles. The molecule has 34 heavy (non-hydrogen) atoms. The number of ether oxygens (including phenoxy) is 2. The zero-order chi connectivity index (χ0) is 23.5. The van der Waals surface area contributed by atoms with Crippen LogP contribution in [-0.2, 0) is 6.42 Å². The number of hydrogen-bond donors (Lipinski definition) is 2. The van der Waals surface area contributed by atoms with Crippen LogP contribution < -0.4 is 9.47 Å². The predicted octanol–water partition coefficient (Wildman–Crippen LogP) is 7.71. The van der Waals surface area contributed by atoms with Crippen LogP contribution in [0.25, 0.3) is 32.8 Å². The van der Waals surface area contributed by atoms with Gasteiger partial charge in [-0.3, -0.25) is 0 Å². The average Bonchev–Trinajstić information content (AvgIpc) is 3.18. The van der Waals surface area contributed by atoms with Gasteiger partial charge in [-0.2, -0.15) is 0 Å². The van der Waals surface area contributed by atoms with Crippen molar-refractivity contribution >= 4 is 39.4 Å². The van der Waals surface area contributed by atoms with Gasteiger partial charge in [0.1, 0.15) is 5.75 Å². The Labute approximate surface area is 201 Å². The molecule has 1 aromatic heterocycles. The molecule has 0 aliphatic rings. The highest BCUT2D eigenvalue weighted by Crippen LogP contribution is 2.38. The normalized spacial score (nSPS) is 11.1. The molecule has 1 heterocycles. The lowest BCUT2D eigenvalue weighted by molar-refractivity contribution is 0.142. The van der Waals surface area contributed by atoms with Gasteiger partial charge >= 0.3 is 6.16 Å². The van der Waals surface area contributed by atoms with Gasteiger partial charge in [-0.25, -0.2) is 4.79 Å². The molecule has 0 aliphatic heterocycles. The number of aromatic nitrogens is 1. The molecule has 0 fully saturated rings. The minimum Gasteiger partial charge on any atom is -0.493 e. The number of carboxylic acid groups (broad SMARTS) is 1. The van der Waals surface area contributed by atoms with Gasteiger partial charge in [0.2, 0.25) is 5.88 Å². The standard InChI is InChI=1S/C28H22ClNO4/c29-20-16-23(19-8-2-1-3-9-19)26-24(17-20)22(27(30-26)34-28(31)32)13-7-15-33-25-14-6-11-18-10-4-5-12-21(18)25/h1-6,8-12,14,16-17,30H,7,13,15H2,(H,31,32). The molecule has 5 rings (SSSR count). The summed E-state index contributed by atoms with van der Waals surface area (Å²) in [7, 11) is 0. The van der Waals surface area contributed by atoms with Gasteiger partial charge in [0, 0.05) is 26.9 Å². The van der Waals surface area contributed by atoms with Crippen molar-refractivity contribution in [1.82, 2.24) is 4.98 Å². The number of fused-ring (bicyclic) bond motifs is 2. The Kier molecular flexibility index (Phi) is 6.11. The monoisotopic (exact) mass is 471 g/mol. The van der Waals surface area contributed by atoms with Crippen molar-refractivity contribution in [2.45, 2.75) is 12.8 Å². The summed E-state index contributed by atoms with van der Waals surface area (Å²) >= 11 is 6.46. The highest BCUT2D eigenvalue weighted by molar-refractivity contribution is 6.32. The number of rotatable bonds is 7. The molecular formula is C28H22ClNO4. The van der Waals surface area contributed by atoms with Crippen molar-refractivity contribution in [3.05, 3.63) is 95.5 Å². The van der Waals surface area contributed by atoms with E-state index >= 15 is 0 Å². The summed E-state index contributed by atoms with van der Waals surface area (Å²) < 4.78 is 11.2. The van der Waals surface area contributed by atoms with Gasteiger partial charge in [-0.1, -0.05) is 78.3 Å². The highest BCUT2D eigenvalue weighted by Gasteiger charge is 2.19. The predicted molar refractivity (Wildman–Crippen MR) is 135 cm³/mol. The minimum absolute atomic E-state index is 0.215. The second-order valence-corrected chi connectivity index (χ2v) is 8.41. The van der Waals surface area contributed by atoms with Crippen molar-refractivity contribution in [1.29, 1.82) is 0 Å². The van der Waals surface area contributed by atoms with Crippen molar-refractivity contribution in [2.75, 3.05) is 6.61 Å². The smallest absolute Gasteiger partial charge is 0.493 e. The summed E-state index contributed by atoms with van der Waals surface area (Å²) in [6.45, 7) is 0.472. The van der Waals surface area contributed by atoms with Gasteiger partial charge < -0.3 is 19.6 Å². The molecule has 2 N–H and O–H groups in total. The first-order valence-corrected chi connectivity index (χ1v) is 11.4. The van der Waals surface area contributed by atoms with Gasteiger partial charge in [-0.05, 0) is 42.0 Å². The van der Waals surface area contributed by atoms with E-state index < -0.39 is 6.16 Å². The summed E-state index contributed by atoms with van der Waals surface area (Å²) in [6.07, 6.45) is -0.145. The maximum atomic E-state index is 11.4. The third-order valence-corrected chi connectivity index (χ3v) is 6.01. The third kappa shape index (κ3) is 4.43. The van der Waals surface area contributed by atoms with Crippen molar-refractivity contribution in [3.63, 3.8) is 0 Å².